The SMILES string of the molecule is Cn1cnc(N2CCC(C(=O)N3CCSCC3)C2)cc1=O. The maximum absolute atomic E-state index is 12.5. The smallest absolute Gasteiger partial charge is 0.255 e. The first-order valence-corrected chi connectivity index (χ1v) is 8.45. The molecule has 1 atom stereocenters. The van der Waals surface area contributed by atoms with Gasteiger partial charge in [0.25, 0.3) is 5.56 Å². The summed E-state index contributed by atoms with van der Waals surface area (Å²) >= 11 is 1.91. The largest absolute Gasteiger partial charge is 0.356 e. The van der Waals surface area contributed by atoms with Crippen LogP contribution in [0.1, 0.15) is 6.42 Å². The first-order chi connectivity index (χ1) is 10.1. The van der Waals surface area contributed by atoms with Gasteiger partial charge >= 0.3 is 0 Å². The standard InChI is InChI=1S/C14H20N4O2S/c1-16-10-15-12(8-13(16)19)18-3-2-11(9-18)14(20)17-4-6-21-7-5-17/h8,10-11H,2-7,9H2,1H3. The Bertz CT molecular complexity index is 583. The summed E-state index contributed by atoms with van der Waals surface area (Å²) in [4.78, 5) is 32.5. The highest BCUT2D eigenvalue weighted by Gasteiger charge is 2.32. The molecule has 2 aliphatic rings. The van der Waals surface area contributed by atoms with Gasteiger partial charge in [-0.05, 0) is 6.42 Å². The molecule has 3 heterocycles. The van der Waals surface area contributed by atoms with Gasteiger partial charge in [0.1, 0.15) is 5.82 Å². The predicted octanol–water partition coefficient (Wildman–Crippen LogP) is 0.182. The molecule has 2 aliphatic heterocycles. The minimum absolute atomic E-state index is 0.0407. The fourth-order valence-electron chi connectivity index (χ4n) is 2.84. The summed E-state index contributed by atoms with van der Waals surface area (Å²) in [5.74, 6) is 3.07. The Morgan fingerprint density at radius 3 is 2.81 bits per heavy atom. The molecule has 2 fully saturated rings. The van der Waals surface area contributed by atoms with Crippen LogP contribution >= 0.6 is 11.8 Å². The molecule has 6 nitrogen and oxygen atoms in total. The van der Waals surface area contributed by atoms with Crippen LogP contribution in [0.25, 0.3) is 0 Å². The summed E-state index contributed by atoms with van der Waals surface area (Å²) in [5.41, 5.74) is -0.0668. The number of nitrogens with zero attached hydrogens (tertiary/aromatic N) is 4. The number of hydrogen-bond donors (Lipinski definition) is 0. The van der Waals surface area contributed by atoms with Gasteiger partial charge in [0.05, 0.1) is 12.2 Å². The highest BCUT2D eigenvalue weighted by atomic mass is 32.2. The van der Waals surface area contributed by atoms with Crippen LogP contribution in [0.5, 0.6) is 0 Å². The molecule has 0 bridgehead atoms. The van der Waals surface area contributed by atoms with Crippen LogP contribution < -0.4 is 10.5 Å². The highest BCUT2D eigenvalue weighted by Crippen LogP contribution is 2.23. The van der Waals surface area contributed by atoms with E-state index >= 15 is 0 Å². The van der Waals surface area contributed by atoms with Gasteiger partial charge in [-0.25, -0.2) is 4.98 Å². The van der Waals surface area contributed by atoms with Crippen molar-refractivity contribution in [2.45, 2.75) is 6.42 Å². The van der Waals surface area contributed by atoms with Gasteiger partial charge in [0, 0.05) is 50.8 Å². The summed E-state index contributed by atoms with van der Waals surface area (Å²) in [7, 11) is 1.68. The van der Waals surface area contributed by atoms with Crippen LogP contribution in [0.3, 0.4) is 0 Å². The van der Waals surface area contributed by atoms with E-state index in [9.17, 15) is 9.59 Å². The number of aromatic nitrogens is 2. The fourth-order valence-corrected chi connectivity index (χ4v) is 3.74. The maximum atomic E-state index is 12.5. The molecule has 1 aromatic heterocycles. The van der Waals surface area contributed by atoms with Gasteiger partial charge in [-0.2, -0.15) is 11.8 Å². The van der Waals surface area contributed by atoms with Crippen LogP contribution in [-0.4, -0.2) is 58.0 Å². The van der Waals surface area contributed by atoms with Gasteiger partial charge in [-0.1, -0.05) is 0 Å². The lowest BCUT2D eigenvalue weighted by molar-refractivity contribution is -0.134. The molecular weight excluding hydrogens is 288 g/mol. The summed E-state index contributed by atoms with van der Waals surface area (Å²) in [6.45, 7) is 3.19. The Kier molecular flexibility index (Phi) is 4.19. The van der Waals surface area contributed by atoms with E-state index in [4.69, 9.17) is 0 Å². The number of carbonyl (C=O) groups is 1. The number of thioether (sulfide) groups is 1. The Labute approximate surface area is 128 Å². The fraction of sp³-hybridized carbons (Fsp3) is 0.643. The second-order valence-electron chi connectivity index (χ2n) is 5.57. The molecular formula is C14H20N4O2S. The quantitative estimate of drug-likeness (QED) is 0.780. The summed E-state index contributed by atoms with van der Waals surface area (Å²) in [6.07, 6.45) is 2.38. The van der Waals surface area contributed by atoms with Crippen LogP contribution in [0, 0.1) is 5.92 Å². The Balaban J connectivity index is 1.65. The Morgan fingerprint density at radius 2 is 2.10 bits per heavy atom. The van der Waals surface area contributed by atoms with Crippen LogP contribution in [-0.2, 0) is 11.8 Å². The lowest BCUT2D eigenvalue weighted by atomic mass is 10.1. The normalized spacial score (nSPS) is 22.6. The van der Waals surface area contributed by atoms with Crippen molar-refractivity contribution in [2.75, 3.05) is 42.6 Å². The Hall–Kier alpha value is -1.50. The molecule has 1 unspecified atom stereocenters. The summed E-state index contributed by atoms with van der Waals surface area (Å²) < 4.78 is 1.45. The van der Waals surface area contributed by atoms with E-state index in [0.717, 1.165) is 37.6 Å². The van der Waals surface area contributed by atoms with Crippen molar-refractivity contribution in [3.05, 3.63) is 22.7 Å². The number of carbonyl (C=O) groups excluding carboxylic acids is 1. The number of hydrogen-bond acceptors (Lipinski definition) is 5. The molecule has 0 radical (unpaired) electrons. The van der Waals surface area contributed by atoms with Crippen molar-refractivity contribution >= 4 is 23.5 Å². The van der Waals surface area contributed by atoms with Crippen molar-refractivity contribution in [2.24, 2.45) is 13.0 Å². The van der Waals surface area contributed by atoms with E-state index in [0.29, 0.717) is 12.4 Å². The zero-order valence-electron chi connectivity index (χ0n) is 12.2. The molecule has 2 saturated heterocycles. The lowest BCUT2D eigenvalue weighted by Crippen LogP contribution is -2.42. The zero-order chi connectivity index (χ0) is 14.8. The molecule has 21 heavy (non-hydrogen) atoms. The minimum atomic E-state index is -0.0668. The van der Waals surface area contributed by atoms with Gasteiger partial charge in [-0.3, -0.25) is 9.59 Å². The highest BCUT2D eigenvalue weighted by molar-refractivity contribution is 7.99. The van der Waals surface area contributed by atoms with E-state index in [1.165, 1.54) is 10.9 Å². The number of rotatable bonds is 2. The molecule has 0 aliphatic carbocycles. The molecule has 7 heteroatoms. The van der Waals surface area contributed by atoms with Crippen LogP contribution in [0.2, 0.25) is 0 Å². The molecule has 1 aromatic rings. The molecule has 3 rings (SSSR count). The van der Waals surface area contributed by atoms with Gasteiger partial charge in [-0.15, -0.1) is 0 Å². The number of anilines is 1. The van der Waals surface area contributed by atoms with E-state index in [2.05, 4.69) is 4.98 Å². The van der Waals surface area contributed by atoms with Gasteiger partial charge < -0.3 is 14.4 Å². The third-order valence-electron chi connectivity index (χ3n) is 4.15. The average Bonchev–Trinajstić information content (AvgIpc) is 3.00. The average molecular weight is 308 g/mol. The van der Waals surface area contributed by atoms with Crippen molar-refractivity contribution < 1.29 is 4.79 Å². The maximum Gasteiger partial charge on any atom is 0.255 e. The van der Waals surface area contributed by atoms with Crippen LogP contribution in [0.4, 0.5) is 5.82 Å². The third kappa shape index (κ3) is 3.07. The minimum Gasteiger partial charge on any atom is -0.356 e. The number of aryl methyl sites for hydroxylation is 1. The molecule has 0 spiro atoms. The predicted molar refractivity (Wildman–Crippen MR) is 83.7 cm³/mol. The number of amides is 1. The van der Waals surface area contributed by atoms with Gasteiger partial charge in [0.15, 0.2) is 0 Å². The first kappa shape index (κ1) is 14.4. The van der Waals surface area contributed by atoms with E-state index < -0.39 is 0 Å². The second kappa shape index (κ2) is 6.09. The lowest BCUT2D eigenvalue weighted by Gasteiger charge is -2.29. The third-order valence-corrected chi connectivity index (χ3v) is 5.09. The van der Waals surface area contributed by atoms with Crippen LogP contribution in [0.15, 0.2) is 17.2 Å². The van der Waals surface area contributed by atoms with Crippen molar-refractivity contribution in [1.82, 2.24) is 14.5 Å². The van der Waals surface area contributed by atoms with E-state index in [-0.39, 0.29) is 17.4 Å². The zero-order valence-corrected chi connectivity index (χ0v) is 13.0. The summed E-state index contributed by atoms with van der Waals surface area (Å²) in [5, 5.41) is 0. The van der Waals surface area contributed by atoms with Gasteiger partial charge in [0.2, 0.25) is 5.91 Å². The second-order valence-corrected chi connectivity index (χ2v) is 6.79. The molecule has 1 amide bonds. The molecule has 0 aromatic carbocycles. The Morgan fingerprint density at radius 1 is 1.33 bits per heavy atom. The molecule has 0 N–H and O–H groups in total. The van der Waals surface area contributed by atoms with Crippen molar-refractivity contribution in [1.29, 1.82) is 0 Å². The monoisotopic (exact) mass is 308 g/mol. The molecule has 114 valence electrons. The summed E-state index contributed by atoms with van der Waals surface area (Å²) in [6, 6.07) is 1.55. The van der Waals surface area contributed by atoms with Crippen molar-refractivity contribution in [3.8, 4) is 0 Å². The van der Waals surface area contributed by atoms with E-state index in [1.54, 1.807) is 13.1 Å². The molecule has 0 saturated carbocycles. The first-order valence-electron chi connectivity index (χ1n) is 7.29. The topological polar surface area (TPSA) is 58.4 Å². The van der Waals surface area contributed by atoms with Crippen molar-refractivity contribution in [3.63, 3.8) is 0 Å². The van der Waals surface area contributed by atoms with E-state index in [1.807, 2.05) is 21.6 Å².